The summed E-state index contributed by atoms with van der Waals surface area (Å²) in [7, 11) is 0. The molecule has 1 aliphatic carbocycles. The lowest BCUT2D eigenvalue weighted by Crippen LogP contribution is -2.41. The van der Waals surface area contributed by atoms with Crippen LogP contribution >= 0.6 is 0 Å². The molecule has 2 aliphatic rings. The molecular weight excluding hydrogens is 282 g/mol. The van der Waals surface area contributed by atoms with Gasteiger partial charge in [-0.1, -0.05) is 31.2 Å². The summed E-state index contributed by atoms with van der Waals surface area (Å²) in [5.74, 6) is -1.19. The number of carboxylic acid groups (broad SMARTS) is 1. The van der Waals surface area contributed by atoms with E-state index in [2.05, 4.69) is 24.4 Å². The molecule has 0 aromatic heterocycles. The first-order valence-electron chi connectivity index (χ1n) is 7.70. The van der Waals surface area contributed by atoms with Gasteiger partial charge in [-0.3, -0.25) is 4.79 Å². The Hall–Kier alpha value is -1.88. The fraction of sp³-hybridized carbons (Fsp3) is 0.529. The van der Waals surface area contributed by atoms with Crippen molar-refractivity contribution < 1.29 is 19.4 Å². The van der Waals surface area contributed by atoms with Gasteiger partial charge in [0, 0.05) is 6.54 Å². The number of carbonyl (C=O) groups excluding carboxylic acids is 1. The van der Waals surface area contributed by atoms with Gasteiger partial charge in [-0.05, 0) is 42.2 Å². The summed E-state index contributed by atoms with van der Waals surface area (Å²) in [5, 5.41) is 11.8. The number of carbonyl (C=O) groups is 2. The maximum absolute atomic E-state index is 12.2. The zero-order valence-corrected chi connectivity index (χ0v) is 12.7. The topological polar surface area (TPSA) is 75.6 Å². The van der Waals surface area contributed by atoms with Crippen molar-refractivity contribution in [1.82, 2.24) is 5.32 Å². The van der Waals surface area contributed by atoms with Crippen LogP contribution in [0.4, 0.5) is 0 Å². The van der Waals surface area contributed by atoms with E-state index in [0.29, 0.717) is 19.4 Å². The molecule has 1 saturated heterocycles. The molecule has 1 aromatic carbocycles. The molecule has 22 heavy (non-hydrogen) atoms. The van der Waals surface area contributed by atoms with Crippen LogP contribution in [0.5, 0.6) is 0 Å². The second-order valence-corrected chi connectivity index (χ2v) is 6.68. The number of fused-ring (bicyclic) bond motifs is 1. The van der Waals surface area contributed by atoms with Crippen molar-refractivity contribution in [1.29, 1.82) is 0 Å². The van der Waals surface area contributed by atoms with Gasteiger partial charge >= 0.3 is 5.97 Å². The minimum Gasteiger partial charge on any atom is -0.479 e. The van der Waals surface area contributed by atoms with Crippen LogP contribution in [-0.4, -0.2) is 35.7 Å². The van der Waals surface area contributed by atoms with E-state index in [4.69, 9.17) is 9.84 Å². The Balaban J connectivity index is 1.53. The molecule has 1 aromatic rings. The zero-order chi connectivity index (χ0) is 15.7. The molecule has 1 aliphatic heterocycles. The molecule has 3 rings (SSSR count). The molecule has 118 valence electrons. The van der Waals surface area contributed by atoms with Crippen molar-refractivity contribution in [3.63, 3.8) is 0 Å². The Bertz CT molecular complexity index is 573. The van der Waals surface area contributed by atoms with E-state index in [9.17, 15) is 9.59 Å². The summed E-state index contributed by atoms with van der Waals surface area (Å²) in [6.07, 6.45) is 1.30. The highest BCUT2D eigenvalue weighted by Crippen LogP contribution is 2.36. The average Bonchev–Trinajstić information content (AvgIpc) is 3.08. The molecule has 0 radical (unpaired) electrons. The molecule has 1 fully saturated rings. The van der Waals surface area contributed by atoms with Gasteiger partial charge in [-0.25, -0.2) is 4.79 Å². The number of ether oxygens (including phenoxy) is 1. The van der Waals surface area contributed by atoms with Crippen LogP contribution in [0.25, 0.3) is 0 Å². The molecule has 5 heteroatoms. The predicted molar refractivity (Wildman–Crippen MR) is 80.5 cm³/mol. The van der Waals surface area contributed by atoms with Gasteiger partial charge in [0.2, 0.25) is 5.91 Å². The van der Waals surface area contributed by atoms with E-state index < -0.39 is 18.2 Å². The van der Waals surface area contributed by atoms with Crippen molar-refractivity contribution in [3.8, 4) is 0 Å². The number of carboxylic acids is 1. The summed E-state index contributed by atoms with van der Waals surface area (Å²) in [6, 6.07) is 8.36. The molecule has 0 spiro atoms. The molecule has 0 saturated carbocycles. The van der Waals surface area contributed by atoms with Crippen LogP contribution in [-0.2, 0) is 27.2 Å². The number of hydrogen-bond acceptors (Lipinski definition) is 3. The van der Waals surface area contributed by atoms with Crippen LogP contribution in [0.2, 0.25) is 0 Å². The third-order valence-electron chi connectivity index (χ3n) is 4.63. The highest BCUT2D eigenvalue weighted by Gasteiger charge is 2.37. The summed E-state index contributed by atoms with van der Waals surface area (Å²) in [6.45, 7) is 2.75. The van der Waals surface area contributed by atoms with Gasteiger partial charge in [0.25, 0.3) is 0 Å². The minimum absolute atomic E-state index is 0.0180. The molecule has 1 heterocycles. The first-order chi connectivity index (χ1) is 10.5. The molecule has 1 amide bonds. The highest BCUT2D eigenvalue weighted by atomic mass is 16.5. The fourth-order valence-electron chi connectivity index (χ4n) is 3.44. The van der Waals surface area contributed by atoms with E-state index in [0.717, 1.165) is 12.8 Å². The van der Waals surface area contributed by atoms with Crippen molar-refractivity contribution in [2.75, 3.05) is 6.54 Å². The lowest BCUT2D eigenvalue weighted by atomic mass is 9.87. The van der Waals surface area contributed by atoms with Crippen molar-refractivity contribution in [3.05, 3.63) is 35.4 Å². The average molecular weight is 303 g/mol. The Morgan fingerprint density at radius 3 is 2.36 bits per heavy atom. The molecule has 5 nitrogen and oxygen atoms in total. The monoisotopic (exact) mass is 303 g/mol. The van der Waals surface area contributed by atoms with E-state index in [1.54, 1.807) is 0 Å². The number of aliphatic carboxylic acids is 1. The number of benzene rings is 1. The maximum Gasteiger partial charge on any atom is 0.332 e. The zero-order valence-electron chi connectivity index (χ0n) is 12.7. The molecule has 0 bridgehead atoms. The van der Waals surface area contributed by atoms with E-state index in [1.165, 1.54) is 11.1 Å². The quantitative estimate of drug-likeness (QED) is 0.884. The second-order valence-electron chi connectivity index (χ2n) is 6.68. The first kappa shape index (κ1) is 15.0. The highest BCUT2D eigenvalue weighted by molar-refractivity contribution is 5.82. The van der Waals surface area contributed by atoms with Gasteiger partial charge in [0.15, 0.2) is 6.10 Å². The molecule has 2 atom stereocenters. The Labute approximate surface area is 129 Å². The fourth-order valence-corrected chi connectivity index (χ4v) is 3.44. The van der Waals surface area contributed by atoms with Crippen molar-refractivity contribution in [2.24, 2.45) is 5.41 Å². The minimum atomic E-state index is -0.992. The Kier molecular flexibility index (Phi) is 3.91. The summed E-state index contributed by atoms with van der Waals surface area (Å²) < 4.78 is 5.28. The van der Waals surface area contributed by atoms with Gasteiger partial charge in [-0.2, -0.15) is 0 Å². The van der Waals surface area contributed by atoms with Gasteiger partial charge in [0.05, 0.1) is 0 Å². The van der Waals surface area contributed by atoms with Crippen LogP contribution in [0.15, 0.2) is 24.3 Å². The number of hydrogen-bond donors (Lipinski definition) is 2. The largest absolute Gasteiger partial charge is 0.479 e. The van der Waals surface area contributed by atoms with Crippen LogP contribution < -0.4 is 5.32 Å². The SMILES string of the molecule is CC1(CNC(=O)[C@@H]2CC[C@H](C(=O)O)O2)Cc2ccccc2C1. The van der Waals surface area contributed by atoms with E-state index in [1.807, 2.05) is 12.1 Å². The molecule has 2 N–H and O–H groups in total. The lowest BCUT2D eigenvalue weighted by molar-refractivity contribution is -0.151. The van der Waals surface area contributed by atoms with Crippen LogP contribution in [0, 0.1) is 5.41 Å². The van der Waals surface area contributed by atoms with Gasteiger partial charge in [-0.15, -0.1) is 0 Å². The standard InChI is InChI=1S/C17H21NO4/c1-17(8-11-4-2-3-5-12(11)9-17)10-18-15(19)13-6-7-14(22-13)16(20)21/h2-5,13-14H,6-10H2,1H3,(H,18,19)(H,20,21)/t13-,14+/m0/s1. The third kappa shape index (κ3) is 2.99. The Morgan fingerprint density at radius 2 is 1.82 bits per heavy atom. The normalized spacial score (nSPS) is 25.7. The smallest absolute Gasteiger partial charge is 0.332 e. The van der Waals surface area contributed by atoms with E-state index >= 15 is 0 Å². The number of nitrogens with one attached hydrogen (secondary N) is 1. The first-order valence-corrected chi connectivity index (χ1v) is 7.70. The summed E-state index contributed by atoms with van der Waals surface area (Å²) >= 11 is 0. The maximum atomic E-state index is 12.2. The number of amides is 1. The predicted octanol–water partition coefficient (Wildman–Crippen LogP) is 1.54. The van der Waals surface area contributed by atoms with Gasteiger partial charge in [0.1, 0.15) is 6.10 Å². The van der Waals surface area contributed by atoms with Crippen LogP contribution in [0.1, 0.15) is 30.9 Å². The van der Waals surface area contributed by atoms with Crippen molar-refractivity contribution >= 4 is 11.9 Å². The Morgan fingerprint density at radius 1 is 1.23 bits per heavy atom. The van der Waals surface area contributed by atoms with Crippen LogP contribution in [0.3, 0.4) is 0 Å². The number of rotatable bonds is 4. The summed E-state index contributed by atoms with van der Waals surface area (Å²) in [4.78, 5) is 23.0. The van der Waals surface area contributed by atoms with E-state index in [-0.39, 0.29) is 11.3 Å². The third-order valence-corrected chi connectivity index (χ3v) is 4.63. The van der Waals surface area contributed by atoms with Crippen molar-refractivity contribution in [2.45, 2.75) is 44.8 Å². The summed E-state index contributed by atoms with van der Waals surface area (Å²) in [5.41, 5.74) is 2.72. The molecule has 0 unspecified atom stereocenters. The lowest BCUT2D eigenvalue weighted by Gasteiger charge is -2.25. The second kappa shape index (κ2) is 5.72. The van der Waals surface area contributed by atoms with Gasteiger partial charge < -0.3 is 15.2 Å². The molecular formula is C17H21NO4.